The van der Waals surface area contributed by atoms with E-state index in [-0.39, 0.29) is 23.6 Å². The van der Waals surface area contributed by atoms with Crippen LogP contribution in [-0.4, -0.2) is 41.7 Å². The highest BCUT2D eigenvalue weighted by atomic mass is 35.5. The maximum absolute atomic E-state index is 13.2. The number of hydrogen-bond donors (Lipinski definition) is 1. The maximum atomic E-state index is 13.2. The zero-order valence-corrected chi connectivity index (χ0v) is 20.3. The topological polar surface area (TPSA) is 58.6 Å². The van der Waals surface area contributed by atoms with E-state index < -0.39 is 6.04 Å². The summed E-state index contributed by atoms with van der Waals surface area (Å²) in [5.41, 5.74) is 1.96. The van der Waals surface area contributed by atoms with Crippen molar-refractivity contribution in [3.8, 4) is 5.75 Å². The van der Waals surface area contributed by atoms with Crippen LogP contribution in [0.4, 0.5) is 0 Å². The molecule has 1 N–H and O–H groups in total. The van der Waals surface area contributed by atoms with Gasteiger partial charge >= 0.3 is 0 Å². The van der Waals surface area contributed by atoms with Gasteiger partial charge in [0.25, 0.3) is 0 Å². The van der Waals surface area contributed by atoms with E-state index in [1.165, 1.54) is 11.8 Å². The molecule has 0 saturated heterocycles. The summed E-state index contributed by atoms with van der Waals surface area (Å²) in [5.74, 6) is 1.63. The van der Waals surface area contributed by atoms with Crippen molar-refractivity contribution in [1.82, 2.24) is 10.2 Å². The van der Waals surface area contributed by atoms with Crippen molar-refractivity contribution in [2.24, 2.45) is 0 Å². The highest BCUT2D eigenvalue weighted by Gasteiger charge is 2.28. The molecule has 1 saturated carbocycles. The summed E-state index contributed by atoms with van der Waals surface area (Å²) in [4.78, 5) is 27.8. The van der Waals surface area contributed by atoms with Gasteiger partial charge in [-0.15, -0.1) is 11.8 Å². The minimum absolute atomic E-state index is 0.0718. The molecule has 1 atom stereocenters. The van der Waals surface area contributed by atoms with Crippen molar-refractivity contribution >= 4 is 35.2 Å². The summed E-state index contributed by atoms with van der Waals surface area (Å²) in [6, 6.07) is 14.9. The Labute approximate surface area is 199 Å². The number of halogens is 1. The maximum Gasteiger partial charge on any atom is 0.242 e. The summed E-state index contributed by atoms with van der Waals surface area (Å²) < 4.78 is 5.19. The first-order valence-electron chi connectivity index (χ1n) is 11.0. The number of hydrogen-bond acceptors (Lipinski definition) is 4. The van der Waals surface area contributed by atoms with E-state index in [4.69, 9.17) is 16.3 Å². The molecule has 0 heterocycles. The lowest BCUT2D eigenvalue weighted by Crippen LogP contribution is -2.50. The van der Waals surface area contributed by atoms with E-state index in [1.807, 2.05) is 42.5 Å². The molecular weight excluding hydrogens is 444 g/mol. The molecule has 2 aromatic rings. The van der Waals surface area contributed by atoms with E-state index in [9.17, 15) is 9.59 Å². The van der Waals surface area contributed by atoms with Crippen LogP contribution in [0.5, 0.6) is 5.75 Å². The molecule has 0 aliphatic heterocycles. The molecule has 5 nitrogen and oxygen atoms in total. The van der Waals surface area contributed by atoms with Crippen molar-refractivity contribution in [2.75, 3.05) is 12.9 Å². The number of benzene rings is 2. The molecule has 172 valence electrons. The minimum atomic E-state index is -0.569. The van der Waals surface area contributed by atoms with E-state index in [1.54, 1.807) is 25.0 Å². The van der Waals surface area contributed by atoms with E-state index >= 15 is 0 Å². The normalized spacial score (nSPS) is 14.7. The summed E-state index contributed by atoms with van der Waals surface area (Å²) in [6.07, 6.45) is 4.30. The van der Waals surface area contributed by atoms with Crippen molar-refractivity contribution in [1.29, 1.82) is 0 Å². The first kappa shape index (κ1) is 24.5. The lowest BCUT2D eigenvalue weighted by Gasteiger charge is -2.30. The van der Waals surface area contributed by atoms with Crippen LogP contribution in [0.25, 0.3) is 0 Å². The first-order valence-corrected chi connectivity index (χ1v) is 12.5. The van der Waals surface area contributed by atoms with E-state index in [2.05, 4.69) is 5.32 Å². The van der Waals surface area contributed by atoms with Crippen molar-refractivity contribution in [2.45, 2.75) is 57.0 Å². The Morgan fingerprint density at radius 2 is 1.84 bits per heavy atom. The average molecular weight is 475 g/mol. The molecule has 0 radical (unpaired) electrons. The summed E-state index contributed by atoms with van der Waals surface area (Å²) in [5, 5.41) is 3.72. The summed E-state index contributed by atoms with van der Waals surface area (Å²) in [7, 11) is 1.64. The van der Waals surface area contributed by atoms with Crippen molar-refractivity contribution in [3.05, 3.63) is 64.7 Å². The SMILES string of the molecule is COc1ccc(CSCC(=O)N(Cc2ccccc2Cl)C(C)C(=O)NC2CCCC2)cc1. The summed E-state index contributed by atoms with van der Waals surface area (Å²) in [6.45, 7) is 2.11. The third-order valence-corrected chi connectivity index (χ3v) is 7.18. The average Bonchev–Trinajstić information content (AvgIpc) is 3.31. The number of amides is 2. The Bertz CT molecular complexity index is 900. The summed E-state index contributed by atoms with van der Waals surface area (Å²) >= 11 is 7.89. The molecule has 2 amide bonds. The quantitative estimate of drug-likeness (QED) is 0.523. The number of carbonyl (C=O) groups is 2. The van der Waals surface area contributed by atoms with Crippen LogP contribution < -0.4 is 10.1 Å². The first-order chi connectivity index (χ1) is 15.5. The van der Waals surface area contributed by atoms with Gasteiger partial charge in [0.2, 0.25) is 11.8 Å². The van der Waals surface area contributed by atoms with Crippen LogP contribution in [0.3, 0.4) is 0 Å². The molecule has 32 heavy (non-hydrogen) atoms. The van der Waals surface area contributed by atoms with Crippen LogP contribution in [0.2, 0.25) is 5.02 Å². The zero-order valence-electron chi connectivity index (χ0n) is 18.7. The smallest absolute Gasteiger partial charge is 0.242 e. The van der Waals surface area contributed by atoms with E-state index in [0.717, 1.165) is 42.6 Å². The highest BCUT2D eigenvalue weighted by molar-refractivity contribution is 7.99. The van der Waals surface area contributed by atoms with Crippen molar-refractivity contribution < 1.29 is 14.3 Å². The Morgan fingerprint density at radius 1 is 1.16 bits per heavy atom. The van der Waals surface area contributed by atoms with Gasteiger partial charge in [0, 0.05) is 23.4 Å². The molecule has 1 aliphatic carbocycles. The van der Waals surface area contributed by atoms with Gasteiger partial charge < -0.3 is 15.0 Å². The van der Waals surface area contributed by atoms with Gasteiger partial charge in [-0.2, -0.15) is 0 Å². The number of thioether (sulfide) groups is 1. The molecule has 1 fully saturated rings. The van der Waals surface area contributed by atoms with Gasteiger partial charge in [0.15, 0.2) is 0 Å². The molecule has 0 spiro atoms. The van der Waals surface area contributed by atoms with Crippen LogP contribution in [0, 0.1) is 0 Å². The lowest BCUT2D eigenvalue weighted by molar-refractivity contribution is -0.138. The van der Waals surface area contributed by atoms with Gasteiger partial charge in [0.1, 0.15) is 11.8 Å². The van der Waals surface area contributed by atoms with Crippen LogP contribution in [0.1, 0.15) is 43.7 Å². The van der Waals surface area contributed by atoms with Gasteiger partial charge in [-0.25, -0.2) is 0 Å². The number of nitrogens with zero attached hydrogens (tertiary/aromatic N) is 1. The lowest BCUT2D eigenvalue weighted by atomic mass is 10.1. The Morgan fingerprint density at radius 3 is 2.50 bits per heavy atom. The minimum Gasteiger partial charge on any atom is -0.497 e. The van der Waals surface area contributed by atoms with E-state index in [0.29, 0.717) is 17.3 Å². The number of ether oxygens (including phenoxy) is 1. The van der Waals surface area contributed by atoms with Crippen LogP contribution in [0.15, 0.2) is 48.5 Å². The second kappa shape index (κ2) is 12.2. The molecule has 2 aromatic carbocycles. The van der Waals surface area contributed by atoms with Gasteiger partial charge in [0.05, 0.1) is 12.9 Å². The fourth-order valence-corrected chi connectivity index (χ4v) is 4.91. The molecule has 0 bridgehead atoms. The Hall–Kier alpha value is -2.18. The number of carbonyl (C=O) groups excluding carboxylic acids is 2. The Balaban J connectivity index is 1.64. The third-order valence-electron chi connectivity index (χ3n) is 5.82. The number of nitrogens with one attached hydrogen (secondary N) is 1. The largest absolute Gasteiger partial charge is 0.497 e. The van der Waals surface area contributed by atoms with Crippen LogP contribution in [-0.2, 0) is 21.9 Å². The number of rotatable bonds is 10. The predicted octanol–water partition coefficient (Wildman–Crippen LogP) is 5.06. The molecule has 0 aromatic heterocycles. The molecule has 3 rings (SSSR count). The fourth-order valence-electron chi connectivity index (χ4n) is 3.85. The standard InChI is InChI=1S/C25H31ClN2O3S/c1-18(25(30)27-21-8-4-5-9-21)28(15-20-7-3-6-10-23(20)26)24(29)17-32-16-19-11-13-22(31-2)14-12-19/h3,6-7,10-14,18,21H,4-5,8-9,15-17H2,1-2H3,(H,27,30). The van der Waals surface area contributed by atoms with Gasteiger partial charge in [-0.1, -0.05) is 54.8 Å². The fraction of sp³-hybridized carbons (Fsp3) is 0.440. The van der Waals surface area contributed by atoms with Gasteiger partial charge in [-0.05, 0) is 49.1 Å². The predicted molar refractivity (Wildman–Crippen MR) is 131 cm³/mol. The van der Waals surface area contributed by atoms with Crippen molar-refractivity contribution in [3.63, 3.8) is 0 Å². The third kappa shape index (κ3) is 6.91. The molecular formula is C25H31ClN2O3S. The highest BCUT2D eigenvalue weighted by Crippen LogP contribution is 2.22. The molecule has 1 unspecified atom stereocenters. The monoisotopic (exact) mass is 474 g/mol. The second-order valence-electron chi connectivity index (χ2n) is 8.12. The number of methoxy groups -OCH3 is 1. The zero-order chi connectivity index (χ0) is 22.9. The van der Waals surface area contributed by atoms with Crippen LogP contribution >= 0.6 is 23.4 Å². The molecule has 1 aliphatic rings. The Kier molecular flexibility index (Phi) is 9.30. The van der Waals surface area contributed by atoms with Gasteiger partial charge in [-0.3, -0.25) is 9.59 Å². The molecule has 7 heteroatoms. The second-order valence-corrected chi connectivity index (χ2v) is 9.51.